The van der Waals surface area contributed by atoms with E-state index in [-0.39, 0.29) is 0 Å². The molecule has 0 aliphatic heterocycles. The highest BCUT2D eigenvalue weighted by Crippen LogP contribution is 2.30. The normalized spacial score (nSPS) is 18.3. The van der Waals surface area contributed by atoms with Crippen molar-refractivity contribution in [1.82, 2.24) is 10.1 Å². The quantitative estimate of drug-likeness (QED) is 0.791. The highest BCUT2D eigenvalue weighted by molar-refractivity contribution is 7.99. The van der Waals surface area contributed by atoms with Gasteiger partial charge in [0.15, 0.2) is 5.82 Å². The molecule has 0 amide bonds. The molecule has 0 bridgehead atoms. The lowest BCUT2D eigenvalue weighted by molar-refractivity contribution is 0.330. The predicted molar refractivity (Wildman–Crippen MR) is 88.2 cm³/mol. The van der Waals surface area contributed by atoms with Gasteiger partial charge < -0.3 is 10.3 Å². The molecule has 5 heteroatoms. The van der Waals surface area contributed by atoms with Crippen molar-refractivity contribution < 1.29 is 4.52 Å². The Kier molecular flexibility index (Phi) is 7.04. The Labute approximate surface area is 132 Å². The van der Waals surface area contributed by atoms with Crippen molar-refractivity contribution in [2.24, 2.45) is 17.6 Å². The van der Waals surface area contributed by atoms with Gasteiger partial charge in [0, 0.05) is 11.7 Å². The second kappa shape index (κ2) is 8.79. The molecule has 1 aromatic heterocycles. The molecule has 1 unspecified atom stereocenters. The number of hydrogen-bond donors (Lipinski definition) is 1. The van der Waals surface area contributed by atoms with Gasteiger partial charge in [0.05, 0.1) is 5.75 Å². The molecule has 1 saturated carbocycles. The van der Waals surface area contributed by atoms with Crippen LogP contribution >= 0.6 is 11.8 Å². The first kappa shape index (κ1) is 16.8. The van der Waals surface area contributed by atoms with Crippen molar-refractivity contribution in [3.63, 3.8) is 0 Å². The molecule has 4 nitrogen and oxygen atoms in total. The van der Waals surface area contributed by atoms with E-state index in [1.807, 2.05) is 11.8 Å². The summed E-state index contributed by atoms with van der Waals surface area (Å²) in [6.07, 6.45) is 8.78. The van der Waals surface area contributed by atoms with Crippen LogP contribution in [0.4, 0.5) is 0 Å². The van der Waals surface area contributed by atoms with Crippen molar-refractivity contribution in [2.45, 2.75) is 69.8 Å². The van der Waals surface area contributed by atoms with E-state index in [4.69, 9.17) is 10.3 Å². The van der Waals surface area contributed by atoms with Crippen molar-refractivity contribution in [3.05, 3.63) is 11.7 Å². The number of hydrogen-bond acceptors (Lipinski definition) is 5. The highest BCUT2D eigenvalue weighted by Gasteiger charge is 2.17. The summed E-state index contributed by atoms with van der Waals surface area (Å²) in [5, 5.41) is 4.91. The Morgan fingerprint density at radius 2 is 2.05 bits per heavy atom. The molecule has 0 aromatic carbocycles. The van der Waals surface area contributed by atoms with Crippen LogP contribution in [-0.2, 0) is 12.2 Å². The predicted octanol–water partition coefficient (Wildman–Crippen LogP) is 3.80. The van der Waals surface area contributed by atoms with Crippen molar-refractivity contribution in [1.29, 1.82) is 0 Å². The van der Waals surface area contributed by atoms with Gasteiger partial charge in [-0.1, -0.05) is 38.3 Å². The van der Waals surface area contributed by atoms with Gasteiger partial charge in [0.1, 0.15) is 0 Å². The van der Waals surface area contributed by atoms with Crippen LogP contribution in [0.2, 0.25) is 0 Å². The summed E-state index contributed by atoms with van der Waals surface area (Å²) in [6.45, 7) is 5.14. The maximum atomic E-state index is 5.84. The number of nitrogens with two attached hydrogens (primary N) is 1. The molecule has 0 radical (unpaired) electrons. The summed E-state index contributed by atoms with van der Waals surface area (Å²) >= 11 is 1.99. The van der Waals surface area contributed by atoms with Gasteiger partial charge in [-0.3, -0.25) is 0 Å². The van der Waals surface area contributed by atoms with Crippen LogP contribution < -0.4 is 5.73 Å². The van der Waals surface area contributed by atoms with E-state index in [1.165, 1.54) is 32.1 Å². The second-order valence-corrected chi connectivity index (χ2v) is 7.90. The first-order chi connectivity index (χ1) is 10.2. The van der Waals surface area contributed by atoms with Gasteiger partial charge in [-0.15, -0.1) is 0 Å². The van der Waals surface area contributed by atoms with E-state index in [2.05, 4.69) is 24.0 Å². The average Bonchev–Trinajstić information content (AvgIpc) is 2.92. The summed E-state index contributed by atoms with van der Waals surface area (Å²) in [6, 6.07) is 0. The molecule has 1 heterocycles. The maximum Gasteiger partial charge on any atom is 0.226 e. The molecule has 2 N–H and O–H groups in total. The van der Waals surface area contributed by atoms with Crippen LogP contribution in [0, 0.1) is 11.8 Å². The molecule has 120 valence electrons. The molecule has 1 aliphatic rings. The summed E-state index contributed by atoms with van der Waals surface area (Å²) in [5.74, 6) is 3.59. The first-order valence-corrected chi connectivity index (χ1v) is 9.35. The monoisotopic (exact) mass is 311 g/mol. The number of nitrogens with zero attached hydrogens (tertiary/aromatic N) is 2. The largest absolute Gasteiger partial charge is 0.339 e. The molecule has 1 fully saturated rings. The highest BCUT2D eigenvalue weighted by atomic mass is 32.2. The first-order valence-electron chi connectivity index (χ1n) is 8.30. The lowest BCUT2D eigenvalue weighted by atomic mass is 9.94. The zero-order valence-electron chi connectivity index (χ0n) is 13.4. The van der Waals surface area contributed by atoms with Gasteiger partial charge in [-0.2, -0.15) is 16.7 Å². The maximum absolute atomic E-state index is 5.84. The van der Waals surface area contributed by atoms with E-state index in [9.17, 15) is 0 Å². The fourth-order valence-electron chi connectivity index (χ4n) is 3.03. The Hall–Kier alpha value is -0.550. The van der Waals surface area contributed by atoms with E-state index in [0.717, 1.165) is 35.6 Å². The summed E-state index contributed by atoms with van der Waals surface area (Å²) in [7, 11) is 0. The van der Waals surface area contributed by atoms with Gasteiger partial charge in [0.2, 0.25) is 5.89 Å². The van der Waals surface area contributed by atoms with Crippen LogP contribution in [0.5, 0.6) is 0 Å². The van der Waals surface area contributed by atoms with E-state index < -0.39 is 0 Å². The van der Waals surface area contributed by atoms with Crippen LogP contribution in [-0.4, -0.2) is 21.9 Å². The molecule has 0 saturated heterocycles. The zero-order chi connectivity index (χ0) is 15.1. The Morgan fingerprint density at radius 3 is 2.71 bits per heavy atom. The minimum Gasteiger partial charge on any atom is -0.339 e. The molecule has 1 atom stereocenters. The Bertz CT molecular complexity index is 402. The third-order valence-electron chi connectivity index (χ3n) is 4.11. The summed E-state index contributed by atoms with van der Waals surface area (Å²) in [4.78, 5) is 4.54. The molecule has 21 heavy (non-hydrogen) atoms. The fourth-order valence-corrected chi connectivity index (χ4v) is 4.20. The molecular weight excluding hydrogens is 282 g/mol. The average molecular weight is 311 g/mol. The van der Waals surface area contributed by atoms with Gasteiger partial charge >= 0.3 is 0 Å². The van der Waals surface area contributed by atoms with Crippen LogP contribution in [0.15, 0.2) is 4.52 Å². The SMILES string of the molecule is CC(C)CC(CN)Cc1nc(CSC2CCCCC2)no1. The van der Waals surface area contributed by atoms with Gasteiger partial charge in [-0.25, -0.2) is 0 Å². The van der Waals surface area contributed by atoms with Crippen molar-refractivity contribution in [2.75, 3.05) is 6.54 Å². The topological polar surface area (TPSA) is 64.9 Å². The lowest BCUT2D eigenvalue weighted by Gasteiger charge is -2.20. The summed E-state index contributed by atoms with van der Waals surface area (Å²) < 4.78 is 5.39. The van der Waals surface area contributed by atoms with E-state index in [0.29, 0.717) is 18.4 Å². The van der Waals surface area contributed by atoms with Gasteiger partial charge in [-0.05, 0) is 37.6 Å². The summed E-state index contributed by atoms with van der Waals surface area (Å²) in [5.41, 5.74) is 5.84. The smallest absolute Gasteiger partial charge is 0.226 e. The number of rotatable bonds is 8. The fraction of sp³-hybridized carbons (Fsp3) is 0.875. The molecule has 2 rings (SSSR count). The standard InChI is InChI=1S/C16H29N3OS/c1-12(2)8-13(10-17)9-16-18-15(19-20-16)11-21-14-6-4-3-5-7-14/h12-14H,3-11,17H2,1-2H3. The van der Waals surface area contributed by atoms with E-state index >= 15 is 0 Å². The Balaban J connectivity index is 1.77. The van der Waals surface area contributed by atoms with Crippen LogP contribution in [0.25, 0.3) is 0 Å². The van der Waals surface area contributed by atoms with Crippen LogP contribution in [0.1, 0.15) is 64.1 Å². The number of thioether (sulfide) groups is 1. The zero-order valence-corrected chi connectivity index (χ0v) is 14.2. The molecule has 1 aliphatic carbocycles. The lowest BCUT2D eigenvalue weighted by Crippen LogP contribution is -2.19. The minimum atomic E-state index is 0.448. The van der Waals surface area contributed by atoms with E-state index in [1.54, 1.807) is 0 Å². The third-order valence-corrected chi connectivity index (χ3v) is 5.48. The molecule has 0 spiro atoms. The van der Waals surface area contributed by atoms with Crippen molar-refractivity contribution >= 4 is 11.8 Å². The minimum absolute atomic E-state index is 0.448. The van der Waals surface area contributed by atoms with Gasteiger partial charge in [0.25, 0.3) is 0 Å². The molecule has 1 aromatic rings. The third kappa shape index (κ3) is 5.99. The van der Waals surface area contributed by atoms with Crippen molar-refractivity contribution in [3.8, 4) is 0 Å². The van der Waals surface area contributed by atoms with Crippen LogP contribution in [0.3, 0.4) is 0 Å². The molecular formula is C16H29N3OS. The number of aromatic nitrogens is 2. The second-order valence-electron chi connectivity index (χ2n) is 6.61. The Morgan fingerprint density at radius 1 is 1.29 bits per heavy atom.